The molecule has 1 aromatic carbocycles. The quantitative estimate of drug-likeness (QED) is 0.767. The van der Waals surface area contributed by atoms with Crippen molar-refractivity contribution in [2.75, 3.05) is 0 Å². The fourth-order valence-electron chi connectivity index (χ4n) is 0.894. The molecule has 1 rings (SSSR count). The smallest absolute Gasteiger partial charge is 0.310 e. The Labute approximate surface area is 77.0 Å². The molecule has 0 aliphatic heterocycles. The van der Waals surface area contributed by atoms with Crippen molar-refractivity contribution in [3.63, 3.8) is 0 Å². The van der Waals surface area contributed by atoms with Crippen LogP contribution in [0.3, 0.4) is 0 Å². The van der Waals surface area contributed by atoms with Crippen molar-refractivity contribution in [2.24, 2.45) is 0 Å². The third-order valence-corrected chi connectivity index (χ3v) is 1.74. The van der Waals surface area contributed by atoms with E-state index in [1.54, 1.807) is 6.92 Å². The van der Waals surface area contributed by atoms with Gasteiger partial charge in [-0.25, -0.2) is 4.39 Å². The van der Waals surface area contributed by atoms with E-state index in [9.17, 15) is 9.18 Å². The Morgan fingerprint density at radius 2 is 1.85 bits per heavy atom. The highest BCUT2D eigenvalue weighted by molar-refractivity contribution is 5.75. The van der Waals surface area contributed by atoms with E-state index >= 15 is 0 Å². The highest BCUT2D eigenvalue weighted by Crippen LogP contribution is 2.15. The van der Waals surface area contributed by atoms with Gasteiger partial charge in [0.1, 0.15) is 5.82 Å². The summed E-state index contributed by atoms with van der Waals surface area (Å²) in [6.07, 6.45) is 0. The molecule has 72 valence electrons. The van der Waals surface area contributed by atoms with E-state index in [-0.39, 0.29) is 13.2 Å². The predicted octanol–water partition coefficient (Wildman–Crippen LogP) is 2.65. The molecule has 3 heteroatoms. The molecule has 0 aliphatic carbocycles. The first-order valence-corrected chi connectivity index (χ1v) is 3.59. The van der Waals surface area contributed by atoms with Gasteiger partial charge in [0.2, 0.25) is 0 Å². The summed E-state index contributed by atoms with van der Waals surface area (Å²) in [7, 11) is 0. The fourth-order valence-corrected chi connectivity index (χ4v) is 0.894. The monoisotopic (exact) mass is 184 g/mol. The van der Waals surface area contributed by atoms with E-state index in [4.69, 9.17) is 5.11 Å². The second-order valence-corrected chi connectivity index (χ2v) is 2.61. The van der Waals surface area contributed by atoms with Gasteiger partial charge in [0.15, 0.2) is 0 Å². The molecule has 1 aromatic rings. The van der Waals surface area contributed by atoms with Gasteiger partial charge in [0.25, 0.3) is 0 Å². The van der Waals surface area contributed by atoms with E-state index < -0.39 is 11.9 Å². The van der Waals surface area contributed by atoms with Crippen molar-refractivity contribution in [3.05, 3.63) is 35.6 Å². The number of aliphatic carboxylic acids is 1. The molecular formula is C10H13FO2. The number of halogens is 1. The molecule has 0 spiro atoms. The molecule has 13 heavy (non-hydrogen) atoms. The van der Waals surface area contributed by atoms with Crippen molar-refractivity contribution in [1.82, 2.24) is 0 Å². The van der Waals surface area contributed by atoms with Crippen molar-refractivity contribution >= 4 is 5.97 Å². The first kappa shape index (κ1) is 11.6. The molecule has 1 N–H and O–H groups in total. The van der Waals surface area contributed by atoms with Crippen molar-refractivity contribution in [1.29, 1.82) is 0 Å². The zero-order valence-electron chi connectivity index (χ0n) is 6.62. The topological polar surface area (TPSA) is 37.3 Å². The molecule has 0 fully saturated rings. The number of carboxylic acids is 1. The van der Waals surface area contributed by atoms with Crippen LogP contribution < -0.4 is 0 Å². The Morgan fingerprint density at radius 1 is 1.38 bits per heavy atom. The minimum Gasteiger partial charge on any atom is -0.481 e. The molecule has 0 radical (unpaired) electrons. The minimum absolute atomic E-state index is 0. The molecule has 0 bridgehead atoms. The van der Waals surface area contributed by atoms with Crippen molar-refractivity contribution in [3.8, 4) is 0 Å². The van der Waals surface area contributed by atoms with Crippen LogP contribution in [0.15, 0.2) is 24.3 Å². The Morgan fingerprint density at radius 3 is 2.23 bits per heavy atom. The number of hydrogen-bond acceptors (Lipinski definition) is 1. The first-order valence-electron chi connectivity index (χ1n) is 3.59. The summed E-state index contributed by atoms with van der Waals surface area (Å²) in [5.41, 5.74) is 0.615. The zero-order valence-corrected chi connectivity index (χ0v) is 6.62. The SMILES string of the molecule is C.C[C@@H](C(=O)O)c1ccc(F)cc1. The third kappa shape index (κ3) is 2.86. The zero-order chi connectivity index (χ0) is 9.14. The number of hydrogen-bond donors (Lipinski definition) is 1. The van der Waals surface area contributed by atoms with Gasteiger partial charge >= 0.3 is 5.97 Å². The summed E-state index contributed by atoms with van der Waals surface area (Å²) in [6.45, 7) is 1.57. The van der Waals surface area contributed by atoms with Crippen LogP contribution in [0.25, 0.3) is 0 Å². The van der Waals surface area contributed by atoms with Gasteiger partial charge in [-0.2, -0.15) is 0 Å². The van der Waals surface area contributed by atoms with E-state index in [0.29, 0.717) is 5.56 Å². The van der Waals surface area contributed by atoms with Crippen molar-refractivity contribution < 1.29 is 14.3 Å². The van der Waals surface area contributed by atoms with Crippen LogP contribution >= 0.6 is 0 Å². The summed E-state index contributed by atoms with van der Waals surface area (Å²) >= 11 is 0. The van der Waals surface area contributed by atoms with Gasteiger partial charge in [-0.15, -0.1) is 0 Å². The normalized spacial score (nSPS) is 11.5. The third-order valence-electron chi connectivity index (χ3n) is 1.74. The summed E-state index contributed by atoms with van der Waals surface area (Å²) < 4.78 is 12.4. The molecule has 0 aliphatic rings. The molecule has 0 unspecified atom stereocenters. The summed E-state index contributed by atoms with van der Waals surface area (Å²) in [5, 5.41) is 8.61. The maximum Gasteiger partial charge on any atom is 0.310 e. The van der Waals surface area contributed by atoms with Gasteiger partial charge in [0, 0.05) is 0 Å². The van der Waals surface area contributed by atoms with Crippen LogP contribution in [0, 0.1) is 5.82 Å². The lowest BCUT2D eigenvalue weighted by Gasteiger charge is -2.04. The molecular weight excluding hydrogens is 171 g/mol. The van der Waals surface area contributed by atoms with E-state index in [1.807, 2.05) is 0 Å². The summed E-state index contributed by atoms with van der Waals surface area (Å²) in [6, 6.07) is 5.48. The van der Waals surface area contributed by atoms with Gasteiger partial charge in [0.05, 0.1) is 5.92 Å². The Hall–Kier alpha value is -1.38. The standard InChI is InChI=1S/C9H9FO2.CH4/c1-6(9(11)12)7-2-4-8(10)5-3-7;/h2-6H,1H3,(H,11,12);1H4/t6-;/m1./s1. The van der Waals surface area contributed by atoms with E-state index in [2.05, 4.69) is 0 Å². The van der Waals surface area contributed by atoms with Crippen LogP contribution in [-0.2, 0) is 4.79 Å². The molecule has 2 nitrogen and oxygen atoms in total. The van der Waals surface area contributed by atoms with Gasteiger partial charge in [-0.05, 0) is 24.6 Å². The lowest BCUT2D eigenvalue weighted by atomic mass is 10.0. The Balaban J connectivity index is 0.00000144. The predicted molar refractivity (Wildman–Crippen MR) is 49.2 cm³/mol. The lowest BCUT2D eigenvalue weighted by Crippen LogP contribution is -2.06. The number of carbonyl (C=O) groups is 1. The van der Waals surface area contributed by atoms with Gasteiger partial charge in [-0.1, -0.05) is 19.6 Å². The van der Waals surface area contributed by atoms with Crippen molar-refractivity contribution in [2.45, 2.75) is 20.3 Å². The maximum absolute atomic E-state index is 12.4. The maximum atomic E-state index is 12.4. The Kier molecular flexibility index (Phi) is 4.11. The Bertz CT molecular complexity index is 279. The molecule has 0 saturated heterocycles. The van der Waals surface area contributed by atoms with Crippen LogP contribution in [0.4, 0.5) is 4.39 Å². The number of rotatable bonds is 2. The van der Waals surface area contributed by atoms with Crippen LogP contribution in [-0.4, -0.2) is 11.1 Å². The molecule has 0 aromatic heterocycles. The molecule has 0 saturated carbocycles. The van der Waals surface area contributed by atoms with Gasteiger partial charge in [-0.3, -0.25) is 4.79 Å². The summed E-state index contributed by atoms with van der Waals surface area (Å²) in [5.74, 6) is -1.83. The number of carboxylic acid groups (broad SMARTS) is 1. The lowest BCUT2D eigenvalue weighted by molar-refractivity contribution is -0.138. The molecule has 0 heterocycles. The average molecular weight is 184 g/mol. The molecule has 1 atom stereocenters. The highest BCUT2D eigenvalue weighted by Gasteiger charge is 2.12. The number of benzene rings is 1. The highest BCUT2D eigenvalue weighted by atomic mass is 19.1. The fraction of sp³-hybridized carbons (Fsp3) is 0.300. The van der Waals surface area contributed by atoms with Crippen LogP contribution in [0.2, 0.25) is 0 Å². The van der Waals surface area contributed by atoms with Gasteiger partial charge < -0.3 is 5.11 Å². The van der Waals surface area contributed by atoms with Crippen LogP contribution in [0.1, 0.15) is 25.8 Å². The van der Waals surface area contributed by atoms with E-state index in [1.165, 1.54) is 24.3 Å². The molecule has 0 amide bonds. The van der Waals surface area contributed by atoms with Crippen LogP contribution in [0.5, 0.6) is 0 Å². The van der Waals surface area contributed by atoms with E-state index in [0.717, 1.165) is 0 Å². The minimum atomic E-state index is -0.901. The summed E-state index contributed by atoms with van der Waals surface area (Å²) in [4.78, 5) is 10.5. The largest absolute Gasteiger partial charge is 0.481 e. The second kappa shape index (κ2) is 4.60. The second-order valence-electron chi connectivity index (χ2n) is 2.61. The average Bonchev–Trinajstić information content (AvgIpc) is 2.04. The first-order chi connectivity index (χ1) is 5.61.